The Morgan fingerprint density at radius 1 is 1.26 bits per heavy atom. The van der Waals surface area contributed by atoms with E-state index in [-0.39, 0.29) is 24.0 Å². The van der Waals surface area contributed by atoms with Crippen molar-refractivity contribution in [2.24, 2.45) is 4.99 Å². The van der Waals surface area contributed by atoms with Crippen molar-refractivity contribution in [2.45, 2.75) is 19.4 Å². The first-order valence-electron chi connectivity index (χ1n) is 7.43. The lowest BCUT2D eigenvalue weighted by atomic mass is 10.1. The van der Waals surface area contributed by atoms with Crippen LogP contribution in [0.3, 0.4) is 0 Å². The summed E-state index contributed by atoms with van der Waals surface area (Å²) in [6.45, 7) is 2.61. The number of rotatable bonds is 7. The minimum absolute atomic E-state index is 0. The molecule has 0 radical (unpaired) electrons. The number of imidazole rings is 1. The number of nitrogens with one attached hydrogen (secondary N) is 2. The first-order valence-corrected chi connectivity index (χ1v) is 7.81. The second kappa shape index (κ2) is 11.3. The first-order chi connectivity index (χ1) is 10.8. The van der Waals surface area contributed by atoms with Gasteiger partial charge in [0.1, 0.15) is 0 Å². The molecule has 0 bridgehead atoms. The van der Waals surface area contributed by atoms with Gasteiger partial charge in [0.2, 0.25) is 0 Å². The van der Waals surface area contributed by atoms with Crippen molar-refractivity contribution in [2.75, 3.05) is 20.1 Å². The fraction of sp³-hybridized carbons (Fsp3) is 0.375. The smallest absolute Gasteiger partial charge is 0.190 e. The third-order valence-corrected chi connectivity index (χ3v) is 3.68. The van der Waals surface area contributed by atoms with Crippen LogP contribution in [-0.2, 0) is 13.0 Å². The summed E-state index contributed by atoms with van der Waals surface area (Å²) in [5.41, 5.74) is 1.15. The van der Waals surface area contributed by atoms with Gasteiger partial charge in [0.25, 0.3) is 0 Å². The summed E-state index contributed by atoms with van der Waals surface area (Å²) in [6, 6.07) is 7.91. The summed E-state index contributed by atoms with van der Waals surface area (Å²) >= 11 is 6.14. The van der Waals surface area contributed by atoms with E-state index < -0.39 is 0 Å². The van der Waals surface area contributed by atoms with Crippen LogP contribution in [0.5, 0.6) is 0 Å². The minimum Gasteiger partial charge on any atom is -0.356 e. The minimum atomic E-state index is 0. The molecule has 7 heteroatoms. The summed E-state index contributed by atoms with van der Waals surface area (Å²) in [4.78, 5) is 8.24. The molecule has 5 nitrogen and oxygen atoms in total. The maximum Gasteiger partial charge on any atom is 0.190 e. The molecule has 1 aromatic heterocycles. The Balaban J connectivity index is 0.00000264. The lowest BCUT2D eigenvalue weighted by Crippen LogP contribution is -2.39. The van der Waals surface area contributed by atoms with Gasteiger partial charge in [-0.25, -0.2) is 4.98 Å². The zero-order valence-electron chi connectivity index (χ0n) is 13.2. The van der Waals surface area contributed by atoms with Crippen LogP contribution in [-0.4, -0.2) is 35.6 Å². The van der Waals surface area contributed by atoms with E-state index in [4.69, 9.17) is 11.6 Å². The van der Waals surface area contributed by atoms with Gasteiger partial charge in [-0.3, -0.25) is 4.99 Å². The van der Waals surface area contributed by atoms with Gasteiger partial charge < -0.3 is 15.2 Å². The van der Waals surface area contributed by atoms with Gasteiger partial charge >= 0.3 is 0 Å². The van der Waals surface area contributed by atoms with Gasteiger partial charge in [0.05, 0.1) is 6.33 Å². The van der Waals surface area contributed by atoms with E-state index in [0.29, 0.717) is 0 Å². The van der Waals surface area contributed by atoms with Crippen LogP contribution in [0, 0.1) is 0 Å². The highest BCUT2D eigenvalue weighted by Crippen LogP contribution is 2.14. The third-order valence-electron chi connectivity index (χ3n) is 3.31. The van der Waals surface area contributed by atoms with Crippen molar-refractivity contribution in [3.05, 3.63) is 53.6 Å². The van der Waals surface area contributed by atoms with E-state index >= 15 is 0 Å². The Bertz CT molecular complexity index is 586. The average Bonchev–Trinajstić information content (AvgIpc) is 3.05. The van der Waals surface area contributed by atoms with Crippen molar-refractivity contribution in [3.8, 4) is 0 Å². The molecule has 0 amide bonds. The number of aliphatic imine (C=N–C) groups is 1. The summed E-state index contributed by atoms with van der Waals surface area (Å²) < 4.78 is 2.06. The normalized spacial score (nSPS) is 11.0. The quantitative estimate of drug-likeness (QED) is 0.297. The first kappa shape index (κ1) is 19.8. The van der Waals surface area contributed by atoms with Gasteiger partial charge in [-0.15, -0.1) is 24.0 Å². The predicted octanol–water partition coefficient (Wildman–Crippen LogP) is 2.95. The molecular weight excluding hydrogens is 425 g/mol. The van der Waals surface area contributed by atoms with Crippen LogP contribution in [0.2, 0.25) is 5.02 Å². The van der Waals surface area contributed by atoms with E-state index in [9.17, 15) is 0 Å². The molecule has 2 rings (SSSR count). The Kier molecular flexibility index (Phi) is 9.70. The molecule has 1 aromatic carbocycles. The Morgan fingerprint density at radius 3 is 2.74 bits per heavy atom. The molecule has 0 atom stereocenters. The van der Waals surface area contributed by atoms with E-state index in [0.717, 1.165) is 49.0 Å². The molecule has 0 saturated heterocycles. The number of hydrogen-bond donors (Lipinski definition) is 2. The molecule has 2 N–H and O–H groups in total. The van der Waals surface area contributed by atoms with Crippen LogP contribution < -0.4 is 10.6 Å². The Hall–Kier alpha value is -1.28. The van der Waals surface area contributed by atoms with Crippen LogP contribution >= 0.6 is 35.6 Å². The molecule has 2 aromatic rings. The van der Waals surface area contributed by atoms with E-state index in [1.165, 1.54) is 0 Å². The number of halogens is 2. The van der Waals surface area contributed by atoms with Crippen LogP contribution in [0.1, 0.15) is 12.0 Å². The van der Waals surface area contributed by atoms with E-state index in [1.807, 2.05) is 36.8 Å². The Morgan fingerprint density at radius 2 is 2.04 bits per heavy atom. The molecule has 0 saturated carbocycles. The largest absolute Gasteiger partial charge is 0.356 e. The van der Waals surface area contributed by atoms with Gasteiger partial charge in [-0.2, -0.15) is 0 Å². The summed E-state index contributed by atoms with van der Waals surface area (Å²) in [5.74, 6) is 0.817. The van der Waals surface area contributed by atoms with Gasteiger partial charge in [-0.05, 0) is 24.5 Å². The fourth-order valence-corrected chi connectivity index (χ4v) is 2.35. The average molecular weight is 448 g/mol. The monoisotopic (exact) mass is 447 g/mol. The van der Waals surface area contributed by atoms with Crippen molar-refractivity contribution in [3.63, 3.8) is 0 Å². The predicted molar refractivity (Wildman–Crippen MR) is 107 cm³/mol. The number of aromatic nitrogens is 2. The lowest BCUT2D eigenvalue weighted by Gasteiger charge is -2.12. The van der Waals surface area contributed by atoms with Crippen molar-refractivity contribution < 1.29 is 0 Å². The SMILES string of the molecule is CN=C(NCCCn1ccnc1)NCCc1ccccc1Cl.I. The second-order valence-electron chi connectivity index (χ2n) is 4.92. The number of nitrogens with zero attached hydrogens (tertiary/aromatic N) is 3. The molecule has 0 spiro atoms. The van der Waals surface area contributed by atoms with Crippen LogP contribution in [0.15, 0.2) is 48.0 Å². The van der Waals surface area contributed by atoms with E-state index in [2.05, 4.69) is 25.2 Å². The van der Waals surface area contributed by atoms with Gasteiger partial charge in [0.15, 0.2) is 5.96 Å². The molecule has 23 heavy (non-hydrogen) atoms. The lowest BCUT2D eigenvalue weighted by molar-refractivity contribution is 0.624. The fourth-order valence-electron chi connectivity index (χ4n) is 2.12. The maximum absolute atomic E-state index is 6.14. The van der Waals surface area contributed by atoms with Crippen molar-refractivity contribution in [1.82, 2.24) is 20.2 Å². The summed E-state index contributed by atoms with van der Waals surface area (Å²) in [7, 11) is 1.78. The third kappa shape index (κ3) is 7.22. The molecule has 0 aliphatic rings. The standard InChI is InChI=1S/C16H22ClN5.HI/c1-18-16(20-8-4-11-22-12-10-19-13-22)21-9-7-14-5-2-3-6-15(14)17;/h2-3,5-6,10,12-13H,4,7-9,11H2,1H3,(H2,18,20,21);1H. The van der Waals surface area contributed by atoms with Gasteiger partial charge in [0, 0.05) is 44.1 Å². The molecule has 126 valence electrons. The van der Waals surface area contributed by atoms with Crippen LogP contribution in [0.25, 0.3) is 0 Å². The molecule has 0 aliphatic heterocycles. The number of guanidine groups is 1. The second-order valence-corrected chi connectivity index (χ2v) is 5.33. The maximum atomic E-state index is 6.14. The molecule has 0 fully saturated rings. The van der Waals surface area contributed by atoms with Crippen molar-refractivity contribution >= 4 is 41.5 Å². The Labute approximate surface area is 159 Å². The zero-order chi connectivity index (χ0) is 15.6. The molecule has 0 unspecified atom stereocenters. The molecular formula is C16H23ClIN5. The van der Waals surface area contributed by atoms with E-state index in [1.54, 1.807) is 13.2 Å². The van der Waals surface area contributed by atoms with Crippen LogP contribution in [0.4, 0.5) is 0 Å². The number of hydrogen-bond acceptors (Lipinski definition) is 2. The highest BCUT2D eigenvalue weighted by Gasteiger charge is 2.00. The van der Waals surface area contributed by atoms with Crippen molar-refractivity contribution in [1.29, 1.82) is 0 Å². The molecule has 0 aliphatic carbocycles. The number of benzene rings is 1. The summed E-state index contributed by atoms with van der Waals surface area (Å²) in [5, 5.41) is 7.42. The summed E-state index contributed by atoms with van der Waals surface area (Å²) in [6.07, 6.45) is 7.48. The zero-order valence-corrected chi connectivity index (χ0v) is 16.3. The highest BCUT2D eigenvalue weighted by molar-refractivity contribution is 14.0. The topological polar surface area (TPSA) is 54.2 Å². The number of aryl methyl sites for hydroxylation is 1. The molecule has 1 heterocycles. The van der Waals surface area contributed by atoms with Gasteiger partial charge in [-0.1, -0.05) is 29.8 Å². The highest BCUT2D eigenvalue weighted by atomic mass is 127.